The van der Waals surface area contributed by atoms with E-state index in [-0.39, 0.29) is 12.8 Å². The number of esters is 1. The minimum Gasteiger partial charge on any atom is -0.482 e. The van der Waals surface area contributed by atoms with Gasteiger partial charge in [0.1, 0.15) is 11.9 Å². The van der Waals surface area contributed by atoms with Crippen LogP contribution in [-0.4, -0.2) is 19.2 Å². The Morgan fingerprint density at radius 2 is 1.83 bits per heavy atom. The van der Waals surface area contributed by atoms with Gasteiger partial charge in [0, 0.05) is 10.6 Å². The van der Waals surface area contributed by atoms with Gasteiger partial charge in [0.05, 0.1) is 23.5 Å². The molecule has 1 aliphatic heterocycles. The molecule has 1 heterocycles. The number of alkyl halides is 3. The van der Waals surface area contributed by atoms with E-state index in [1.165, 1.54) is 12.1 Å². The molecule has 1 aliphatic rings. The van der Waals surface area contributed by atoms with Crippen LogP contribution in [0.25, 0.3) is 0 Å². The summed E-state index contributed by atoms with van der Waals surface area (Å²) >= 11 is 1.66. The van der Waals surface area contributed by atoms with Crippen LogP contribution in [0.1, 0.15) is 35.3 Å². The highest BCUT2D eigenvalue weighted by molar-refractivity contribution is 7.98. The standard InChI is InChI=1S/C26H25F3N2O3S/c1-3-33-23(32)14-34-22-12-11-20(13-16(22)2)35-15-18-5-4-6-21-24(18)31-25(30-21)17-7-9-19(10-8-17)26(27,28)29/h4-13,25,30-31H,3,14-15H2,1-2H3. The van der Waals surface area contributed by atoms with E-state index in [9.17, 15) is 18.0 Å². The molecule has 4 rings (SSSR count). The Labute approximate surface area is 206 Å². The van der Waals surface area contributed by atoms with Crippen molar-refractivity contribution in [2.75, 3.05) is 23.8 Å². The lowest BCUT2D eigenvalue weighted by Crippen LogP contribution is -2.14. The van der Waals surface area contributed by atoms with E-state index in [1.807, 2.05) is 43.3 Å². The average molecular weight is 503 g/mol. The zero-order chi connectivity index (χ0) is 25.0. The first-order valence-electron chi connectivity index (χ1n) is 11.1. The molecular formula is C26H25F3N2O3S. The van der Waals surface area contributed by atoms with E-state index in [0.717, 1.165) is 45.1 Å². The number of nitrogens with one attached hydrogen (secondary N) is 2. The summed E-state index contributed by atoms with van der Waals surface area (Å²) in [7, 11) is 0. The molecule has 0 saturated heterocycles. The Kier molecular flexibility index (Phi) is 7.45. The quantitative estimate of drug-likeness (QED) is 0.261. The number of para-hydroxylation sites is 1. The number of aryl methyl sites for hydroxylation is 1. The van der Waals surface area contributed by atoms with Crippen LogP contribution in [0.5, 0.6) is 5.75 Å². The van der Waals surface area contributed by atoms with E-state index in [1.54, 1.807) is 18.7 Å². The van der Waals surface area contributed by atoms with Gasteiger partial charge in [-0.05, 0) is 66.9 Å². The van der Waals surface area contributed by atoms with Crippen molar-refractivity contribution in [2.45, 2.75) is 36.8 Å². The van der Waals surface area contributed by atoms with Crippen LogP contribution in [0.15, 0.2) is 65.6 Å². The maximum absolute atomic E-state index is 12.9. The van der Waals surface area contributed by atoms with Gasteiger partial charge < -0.3 is 20.1 Å². The molecule has 9 heteroatoms. The molecule has 1 unspecified atom stereocenters. The monoisotopic (exact) mass is 502 g/mol. The van der Waals surface area contributed by atoms with Gasteiger partial charge in [-0.15, -0.1) is 11.8 Å². The molecule has 3 aromatic carbocycles. The number of thioether (sulfide) groups is 1. The van der Waals surface area contributed by atoms with Gasteiger partial charge in [-0.3, -0.25) is 0 Å². The zero-order valence-electron chi connectivity index (χ0n) is 19.2. The molecule has 184 valence electrons. The predicted molar refractivity (Wildman–Crippen MR) is 131 cm³/mol. The van der Waals surface area contributed by atoms with Crippen LogP contribution in [0.3, 0.4) is 0 Å². The minimum atomic E-state index is -4.36. The molecule has 0 bridgehead atoms. The number of rotatable bonds is 8. The summed E-state index contributed by atoms with van der Waals surface area (Å²) in [6, 6.07) is 16.9. The predicted octanol–water partition coefficient (Wildman–Crippen LogP) is 6.78. The highest BCUT2D eigenvalue weighted by atomic mass is 32.2. The fourth-order valence-electron chi connectivity index (χ4n) is 3.75. The van der Waals surface area contributed by atoms with Crippen LogP contribution in [0.2, 0.25) is 0 Å². The van der Waals surface area contributed by atoms with Crippen LogP contribution in [-0.2, 0) is 21.5 Å². The number of ether oxygens (including phenoxy) is 2. The zero-order valence-corrected chi connectivity index (χ0v) is 20.1. The maximum atomic E-state index is 12.9. The summed E-state index contributed by atoms with van der Waals surface area (Å²) in [5, 5.41) is 6.74. The molecule has 5 nitrogen and oxygen atoms in total. The summed E-state index contributed by atoms with van der Waals surface area (Å²) in [5.74, 6) is 0.923. The van der Waals surface area contributed by atoms with Crippen molar-refractivity contribution in [3.8, 4) is 5.75 Å². The maximum Gasteiger partial charge on any atom is 0.416 e. The first kappa shape index (κ1) is 24.8. The van der Waals surface area contributed by atoms with Gasteiger partial charge in [-0.25, -0.2) is 4.79 Å². The summed E-state index contributed by atoms with van der Waals surface area (Å²) in [4.78, 5) is 12.6. The number of fused-ring (bicyclic) bond motifs is 1. The topological polar surface area (TPSA) is 59.6 Å². The van der Waals surface area contributed by atoms with Crippen LogP contribution >= 0.6 is 11.8 Å². The number of halogens is 3. The SMILES string of the molecule is CCOC(=O)COc1ccc(SCc2cccc3c2NC(c2ccc(C(F)(F)F)cc2)N3)cc1C. The van der Waals surface area contributed by atoms with Crippen LogP contribution in [0.4, 0.5) is 24.5 Å². The molecule has 0 spiro atoms. The van der Waals surface area contributed by atoms with Gasteiger partial charge in [0.25, 0.3) is 0 Å². The van der Waals surface area contributed by atoms with Crippen LogP contribution < -0.4 is 15.4 Å². The summed E-state index contributed by atoms with van der Waals surface area (Å²) < 4.78 is 49.1. The number of carbonyl (C=O) groups excluding carboxylic acids is 1. The molecule has 0 amide bonds. The Balaban J connectivity index is 1.39. The average Bonchev–Trinajstić information content (AvgIpc) is 3.27. The summed E-state index contributed by atoms with van der Waals surface area (Å²) in [6.45, 7) is 3.86. The van der Waals surface area contributed by atoms with E-state index >= 15 is 0 Å². The lowest BCUT2D eigenvalue weighted by Gasteiger charge is -2.15. The van der Waals surface area contributed by atoms with Gasteiger partial charge in [-0.1, -0.05) is 24.3 Å². The van der Waals surface area contributed by atoms with Crippen molar-refractivity contribution in [2.24, 2.45) is 0 Å². The number of benzene rings is 3. The third-order valence-electron chi connectivity index (χ3n) is 5.50. The molecule has 0 saturated carbocycles. The van der Waals surface area contributed by atoms with E-state index in [2.05, 4.69) is 10.6 Å². The number of anilines is 2. The largest absolute Gasteiger partial charge is 0.482 e. The van der Waals surface area contributed by atoms with Gasteiger partial charge in [-0.2, -0.15) is 13.2 Å². The highest BCUT2D eigenvalue weighted by Gasteiger charge is 2.31. The Morgan fingerprint density at radius 3 is 2.51 bits per heavy atom. The third kappa shape index (κ3) is 6.03. The first-order valence-corrected chi connectivity index (χ1v) is 12.1. The number of carbonyl (C=O) groups is 1. The van der Waals surface area contributed by atoms with Crippen molar-refractivity contribution in [3.63, 3.8) is 0 Å². The van der Waals surface area contributed by atoms with E-state index in [4.69, 9.17) is 9.47 Å². The number of hydrogen-bond acceptors (Lipinski definition) is 6. The smallest absolute Gasteiger partial charge is 0.416 e. The normalized spacial score (nSPS) is 14.6. The van der Waals surface area contributed by atoms with Crippen molar-refractivity contribution in [3.05, 3.63) is 82.9 Å². The first-order chi connectivity index (χ1) is 16.7. The molecule has 35 heavy (non-hydrogen) atoms. The van der Waals surface area contributed by atoms with Crippen LogP contribution in [0, 0.1) is 6.92 Å². The molecule has 0 aromatic heterocycles. The molecular weight excluding hydrogens is 477 g/mol. The Bertz CT molecular complexity index is 1200. The van der Waals surface area contributed by atoms with Gasteiger partial charge >= 0.3 is 12.1 Å². The molecule has 0 aliphatic carbocycles. The fraction of sp³-hybridized carbons (Fsp3) is 0.269. The van der Waals surface area contributed by atoms with Gasteiger partial charge in [0.2, 0.25) is 0 Å². The molecule has 0 radical (unpaired) electrons. The summed E-state index contributed by atoms with van der Waals surface area (Å²) in [6.07, 6.45) is -4.66. The highest BCUT2D eigenvalue weighted by Crippen LogP contribution is 2.40. The third-order valence-corrected chi connectivity index (χ3v) is 6.54. The van der Waals surface area contributed by atoms with Gasteiger partial charge in [0.15, 0.2) is 6.61 Å². The minimum absolute atomic E-state index is 0.129. The second-order valence-corrected chi connectivity index (χ2v) is 9.04. The van der Waals surface area contributed by atoms with Crippen molar-refractivity contribution < 1.29 is 27.4 Å². The van der Waals surface area contributed by atoms with E-state index in [0.29, 0.717) is 18.1 Å². The van der Waals surface area contributed by atoms with Crippen molar-refractivity contribution in [1.29, 1.82) is 0 Å². The van der Waals surface area contributed by atoms with Crippen molar-refractivity contribution >= 4 is 29.1 Å². The summed E-state index contributed by atoms with van der Waals surface area (Å²) in [5.41, 5.74) is 3.90. The second-order valence-electron chi connectivity index (χ2n) is 7.99. The molecule has 2 N–H and O–H groups in total. The lowest BCUT2D eigenvalue weighted by molar-refractivity contribution is -0.145. The molecule has 1 atom stereocenters. The lowest BCUT2D eigenvalue weighted by atomic mass is 10.1. The second kappa shape index (κ2) is 10.5. The Morgan fingerprint density at radius 1 is 1.06 bits per heavy atom. The van der Waals surface area contributed by atoms with Crippen molar-refractivity contribution in [1.82, 2.24) is 0 Å². The molecule has 3 aromatic rings. The molecule has 0 fully saturated rings. The fourth-order valence-corrected chi connectivity index (χ4v) is 4.74. The number of hydrogen-bond donors (Lipinski definition) is 2. The Hall–Kier alpha value is -3.33. The van der Waals surface area contributed by atoms with E-state index < -0.39 is 17.7 Å².